The lowest BCUT2D eigenvalue weighted by atomic mass is 10.2. The summed E-state index contributed by atoms with van der Waals surface area (Å²) in [7, 11) is -3.18. The summed E-state index contributed by atoms with van der Waals surface area (Å²) >= 11 is 1.69. The number of rotatable bonds is 3. The van der Waals surface area contributed by atoms with Crippen molar-refractivity contribution >= 4 is 32.0 Å². The Balaban J connectivity index is 1.84. The van der Waals surface area contributed by atoms with Gasteiger partial charge in [0.05, 0.1) is 10.6 Å². The molecule has 0 saturated heterocycles. The minimum atomic E-state index is -3.18. The van der Waals surface area contributed by atoms with Gasteiger partial charge in [0.15, 0.2) is 15.0 Å². The second-order valence-corrected chi connectivity index (χ2v) is 8.47. The summed E-state index contributed by atoms with van der Waals surface area (Å²) in [6.45, 7) is 0. The Kier molecular flexibility index (Phi) is 3.99. The highest BCUT2D eigenvalue weighted by molar-refractivity contribution is 7.90. The summed E-state index contributed by atoms with van der Waals surface area (Å²) in [5.74, 6) is 0. The summed E-state index contributed by atoms with van der Waals surface area (Å²) in [4.78, 5) is 6.35. The summed E-state index contributed by atoms with van der Waals surface area (Å²) in [5, 5.41) is 4.09. The molecule has 4 nitrogen and oxygen atoms in total. The Bertz CT molecular complexity index is 727. The summed E-state index contributed by atoms with van der Waals surface area (Å²) in [6.07, 6.45) is 7.10. The van der Waals surface area contributed by atoms with Crippen LogP contribution < -0.4 is 5.32 Å². The fourth-order valence-electron chi connectivity index (χ4n) is 2.51. The van der Waals surface area contributed by atoms with Crippen molar-refractivity contribution in [2.75, 3.05) is 11.6 Å². The SMILES string of the molecule is CS(=O)(=O)c1cccc(Nc2nc3c(s2)CCCCC3)c1. The molecular formula is C15H18N2O2S2. The van der Waals surface area contributed by atoms with Crippen LogP contribution in [-0.2, 0) is 22.7 Å². The number of benzene rings is 1. The third-order valence-electron chi connectivity index (χ3n) is 3.61. The van der Waals surface area contributed by atoms with Crippen molar-refractivity contribution < 1.29 is 8.42 Å². The van der Waals surface area contributed by atoms with E-state index in [1.165, 1.54) is 36.1 Å². The molecule has 1 heterocycles. The number of fused-ring (bicyclic) bond motifs is 1. The topological polar surface area (TPSA) is 59.1 Å². The minimum absolute atomic E-state index is 0.325. The quantitative estimate of drug-likeness (QED) is 0.878. The van der Waals surface area contributed by atoms with Crippen molar-refractivity contribution in [2.45, 2.75) is 37.0 Å². The molecule has 1 aromatic heterocycles. The van der Waals surface area contributed by atoms with Gasteiger partial charge in [-0.1, -0.05) is 12.5 Å². The van der Waals surface area contributed by atoms with E-state index < -0.39 is 9.84 Å². The van der Waals surface area contributed by atoms with Crippen molar-refractivity contribution in [1.29, 1.82) is 0 Å². The maximum atomic E-state index is 11.6. The number of anilines is 2. The van der Waals surface area contributed by atoms with Gasteiger partial charge in [0, 0.05) is 16.8 Å². The molecule has 1 aliphatic carbocycles. The monoisotopic (exact) mass is 322 g/mol. The van der Waals surface area contributed by atoms with Gasteiger partial charge in [-0.05, 0) is 43.9 Å². The molecule has 0 fully saturated rings. The highest BCUT2D eigenvalue weighted by Crippen LogP contribution is 2.31. The maximum absolute atomic E-state index is 11.6. The number of nitrogens with one attached hydrogen (secondary N) is 1. The standard InChI is InChI=1S/C15H18N2O2S2/c1-21(18,19)12-7-5-6-11(10-12)16-15-17-13-8-3-2-4-9-14(13)20-15/h5-7,10H,2-4,8-9H2,1H3,(H,16,17). The van der Waals surface area contributed by atoms with Crippen LogP contribution in [0, 0.1) is 0 Å². The first kappa shape index (κ1) is 14.5. The van der Waals surface area contributed by atoms with Gasteiger partial charge in [-0.25, -0.2) is 13.4 Å². The number of hydrogen-bond acceptors (Lipinski definition) is 5. The molecule has 3 rings (SSSR count). The van der Waals surface area contributed by atoms with Crippen molar-refractivity contribution in [3.05, 3.63) is 34.8 Å². The van der Waals surface area contributed by atoms with Gasteiger partial charge < -0.3 is 5.32 Å². The van der Waals surface area contributed by atoms with Crippen LogP contribution in [0.15, 0.2) is 29.2 Å². The maximum Gasteiger partial charge on any atom is 0.187 e. The number of thiazole rings is 1. The van der Waals surface area contributed by atoms with Crippen molar-refractivity contribution in [3.8, 4) is 0 Å². The van der Waals surface area contributed by atoms with Crippen LogP contribution in [-0.4, -0.2) is 19.7 Å². The molecule has 0 aliphatic heterocycles. The molecule has 1 aliphatic rings. The van der Waals surface area contributed by atoms with E-state index in [1.807, 2.05) is 6.07 Å². The minimum Gasteiger partial charge on any atom is -0.331 e. The zero-order valence-corrected chi connectivity index (χ0v) is 13.6. The summed E-state index contributed by atoms with van der Waals surface area (Å²) < 4.78 is 23.2. The lowest BCUT2D eigenvalue weighted by Crippen LogP contribution is -1.98. The summed E-state index contributed by atoms with van der Waals surface area (Å²) in [5.41, 5.74) is 1.97. The van der Waals surface area contributed by atoms with Crippen LogP contribution in [0.3, 0.4) is 0 Å². The van der Waals surface area contributed by atoms with Crippen LogP contribution in [0.25, 0.3) is 0 Å². The second kappa shape index (κ2) is 5.77. The van der Waals surface area contributed by atoms with Crippen LogP contribution in [0.2, 0.25) is 0 Å². The van der Waals surface area contributed by atoms with Gasteiger partial charge in [0.1, 0.15) is 0 Å². The average Bonchev–Trinajstić information content (AvgIpc) is 2.67. The molecule has 112 valence electrons. The van der Waals surface area contributed by atoms with Gasteiger partial charge in [0.25, 0.3) is 0 Å². The van der Waals surface area contributed by atoms with E-state index in [0.29, 0.717) is 4.90 Å². The van der Waals surface area contributed by atoms with E-state index >= 15 is 0 Å². The van der Waals surface area contributed by atoms with E-state index in [-0.39, 0.29) is 0 Å². The first-order valence-corrected chi connectivity index (χ1v) is 9.79. The molecule has 6 heteroatoms. The smallest absolute Gasteiger partial charge is 0.187 e. The first-order valence-electron chi connectivity index (χ1n) is 7.08. The molecule has 0 spiro atoms. The Morgan fingerprint density at radius 1 is 1.19 bits per heavy atom. The molecule has 0 radical (unpaired) electrons. The predicted molar refractivity (Wildman–Crippen MR) is 86.2 cm³/mol. The van der Waals surface area contributed by atoms with Gasteiger partial charge in [-0.2, -0.15) is 0 Å². The predicted octanol–water partition coefficient (Wildman–Crippen LogP) is 3.56. The first-order chi connectivity index (χ1) is 10.0. The van der Waals surface area contributed by atoms with E-state index in [4.69, 9.17) is 0 Å². The molecule has 0 bridgehead atoms. The average molecular weight is 322 g/mol. The molecule has 21 heavy (non-hydrogen) atoms. The number of aryl methyl sites for hydroxylation is 2. The lowest BCUT2D eigenvalue weighted by molar-refractivity contribution is 0.602. The molecule has 0 unspecified atom stereocenters. The zero-order valence-electron chi connectivity index (χ0n) is 11.9. The van der Waals surface area contributed by atoms with Gasteiger partial charge in [0.2, 0.25) is 0 Å². The largest absolute Gasteiger partial charge is 0.331 e. The van der Waals surface area contributed by atoms with Gasteiger partial charge in [-0.15, -0.1) is 11.3 Å². The Hall–Kier alpha value is -1.40. The zero-order chi connectivity index (χ0) is 14.9. The normalized spacial score (nSPS) is 15.3. The fourth-order valence-corrected chi connectivity index (χ4v) is 4.25. The van der Waals surface area contributed by atoms with Gasteiger partial charge in [-0.3, -0.25) is 0 Å². The number of nitrogens with zero attached hydrogens (tertiary/aromatic N) is 1. The van der Waals surface area contributed by atoms with E-state index in [1.54, 1.807) is 29.5 Å². The molecule has 1 aromatic carbocycles. The second-order valence-electron chi connectivity index (χ2n) is 5.37. The Morgan fingerprint density at radius 2 is 2.00 bits per heavy atom. The highest BCUT2D eigenvalue weighted by Gasteiger charge is 2.14. The van der Waals surface area contributed by atoms with Crippen molar-refractivity contribution in [1.82, 2.24) is 4.98 Å². The fraction of sp³-hybridized carbons (Fsp3) is 0.400. The molecular weight excluding hydrogens is 304 g/mol. The molecule has 1 N–H and O–H groups in total. The van der Waals surface area contributed by atoms with Gasteiger partial charge >= 0.3 is 0 Å². The van der Waals surface area contributed by atoms with Crippen LogP contribution in [0.5, 0.6) is 0 Å². The molecule has 0 saturated carbocycles. The highest BCUT2D eigenvalue weighted by atomic mass is 32.2. The van der Waals surface area contributed by atoms with E-state index in [0.717, 1.165) is 23.7 Å². The third kappa shape index (κ3) is 3.44. The molecule has 2 aromatic rings. The van der Waals surface area contributed by atoms with Crippen LogP contribution in [0.4, 0.5) is 10.8 Å². The number of hydrogen-bond donors (Lipinski definition) is 1. The van der Waals surface area contributed by atoms with Crippen molar-refractivity contribution in [3.63, 3.8) is 0 Å². The number of sulfone groups is 1. The Labute approximate surface area is 129 Å². The summed E-state index contributed by atoms with van der Waals surface area (Å²) in [6, 6.07) is 6.87. The van der Waals surface area contributed by atoms with E-state index in [2.05, 4.69) is 10.3 Å². The molecule has 0 atom stereocenters. The lowest BCUT2D eigenvalue weighted by Gasteiger charge is -2.04. The van der Waals surface area contributed by atoms with E-state index in [9.17, 15) is 8.42 Å². The van der Waals surface area contributed by atoms with Crippen LogP contribution in [0.1, 0.15) is 29.8 Å². The van der Waals surface area contributed by atoms with Crippen LogP contribution >= 0.6 is 11.3 Å². The Morgan fingerprint density at radius 3 is 2.81 bits per heavy atom. The number of aromatic nitrogens is 1. The van der Waals surface area contributed by atoms with Crippen molar-refractivity contribution in [2.24, 2.45) is 0 Å². The third-order valence-corrected chi connectivity index (χ3v) is 5.79. The molecule has 0 amide bonds.